The summed E-state index contributed by atoms with van der Waals surface area (Å²) in [6.45, 7) is 1.81. The number of fused-ring (bicyclic) bond motifs is 6. The highest BCUT2D eigenvalue weighted by atomic mass is 79.9. The van der Waals surface area contributed by atoms with E-state index in [1.165, 1.54) is 111 Å². The first-order chi connectivity index (χ1) is 29.3. The molecule has 8 nitrogen and oxygen atoms in total. The summed E-state index contributed by atoms with van der Waals surface area (Å²) in [5, 5.41) is 45.7. The van der Waals surface area contributed by atoms with E-state index in [0.29, 0.717) is 23.3 Å². The molecule has 0 aliphatic heterocycles. The van der Waals surface area contributed by atoms with Crippen LogP contribution in [0.2, 0.25) is 0 Å². The molecule has 2 aliphatic carbocycles. The second-order valence-corrected chi connectivity index (χ2v) is 16.5. The van der Waals surface area contributed by atoms with Gasteiger partial charge in [0.2, 0.25) is 0 Å². The summed E-state index contributed by atoms with van der Waals surface area (Å²) >= 11 is 3.59. The Kier molecular flexibility index (Phi) is 13.2. The summed E-state index contributed by atoms with van der Waals surface area (Å²) in [7, 11) is -1.46. The highest BCUT2D eigenvalue weighted by molar-refractivity contribution is 9.10. The summed E-state index contributed by atoms with van der Waals surface area (Å²) in [5.74, 6) is 0.417. The Morgan fingerprint density at radius 1 is 0.550 bits per heavy atom. The number of aromatic amines is 2. The first-order valence-electron chi connectivity index (χ1n) is 20.7. The van der Waals surface area contributed by atoms with Gasteiger partial charge in [-0.25, -0.2) is 0 Å². The van der Waals surface area contributed by atoms with E-state index < -0.39 is 7.12 Å². The van der Waals surface area contributed by atoms with Gasteiger partial charge in [0.05, 0.1) is 0 Å². The molecule has 0 amide bonds. The van der Waals surface area contributed by atoms with Crippen LogP contribution in [0.1, 0.15) is 71.4 Å². The number of rotatable bonds is 8. The molecule has 8 N–H and O–H groups in total. The number of nitrogens with one attached hydrogen (secondary N) is 4. The summed E-state index contributed by atoms with van der Waals surface area (Å²) in [4.78, 5) is 7.33. The van der Waals surface area contributed by atoms with Crippen LogP contribution in [0, 0.1) is 0 Å². The van der Waals surface area contributed by atoms with Gasteiger partial charge in [0.1, 0.15) is 11.5 Å². The van der Waals surface area contributed by atoms with Crippen LogP contribution in [0.25, 0.3) is 32.9 Å². The van der Waals surface area contributed by atoms with Crippen molar-refractivity contribution in [2.45, 2.75) is 63.7 Å². The molecule has 6 aromatic carbocycles. The fourth-order valence-corrected chi connectivity index (χ4v) is 8.82. The van der Waals surface area contributed by atoms with Gasteiger partial charge < -0.3 is 40.9 Å². The Hall–Kier alpha value is -5.62. The van der Waals surface area contributed by atoms with Crippen LogP contribution in [-0.2, 0) is 25.9 Å². The van der Waals surface area contributed by atoms with Crippen molar-refractivity contribution in [1.82, 2.24) is 20.6 Å². The van der Waals surface area contributed by atoms with E-state index in [9.17, 15) is 5.11 Å². The van der Waals surface area contributed by atoms with E-state index in [1.807, 2.05) is 12.1 Å². The minimum absolute atomic E-state index is 0.115. The van der Waals surface area contributed by atoms with Crippen molar-refractivity contribution >= 4 is 50.3 Å². The molecular weight excluding hydrogens is 811 g/mol. The van der Waals surface area contributed by atoms with Gasteiger partial charge in [-0.15, -0.1) is 0 Å². The van der Waals surface area contributed by atoms with E-state index in [0.717, 1.165) is 36.0 Å². The van der Waals surface area contributed by atoms with Crippen LogP contribution in [0.5, 0.6) is 11.5 Å². The standard InChI is InChI=1S/C25H24N2O.C19H19BrN2.C6H7BO3/c28-20-12-9-18(10-13-20)19-11-14-23-22(15-19)21-7-4-8-24(25(21)27-23)26-16-17-5-2-1-3-6-17;20-14-9-10-17-16(11-14)15-7-4-8-18(19(15)22-17)21-12-13-5-2-1-3-6-13;8-6-3-1-5(2-4-6)7(9)10/h1-3,5-6,9-15,24,26-28H,4,7-8,16H2;1-3,5-6,9-11,18,21-22H,4,7-8,12H2;1-4,8-10H/t24-;18-;/m11./s1. The van der Waals surface area contributed by atoms with E-state index in [2.05, 4.69) is 134 Å². The number of benzene rings is 6. The molecule has 60 heavy (non-hydrogen) atoms. The minimum atomic E-state index is -1.46. The Bertz CT molecular complexity index is 2630. The fourth-order valence-electron chi connectivity index (χ4n) is 8.46. The SMILES string of the molecule is Brc1ccc2[nH]c3c(c2c1)CCC[C@H]3NCc1ccccc1.OB(O)c1ccc(O)cc1.Oc1ccc(-c2ccc3[nH]c4c(c3c2)CCC[C@H]4NCc2ccccc2)cc1. The van der Waals surface area contributed by atoms with Crippen molar-refractivity contribution < 1.29 is 20.3 Å². The number of hydrogen-bond donors (Lipinski definition) is 8. The van der Waals surface area contributed by atoms with Gasteiger partial charge in [-0.1, -0.05) is 107 Å². The Labute approximate surface area is 359 Å². The van der Waals surface area contributed by atoms with Crippen molar-refractivity contribution in [2.24, 2.45) is 0 Å². The first-order valence-corrected chi connectivity index (χ1v) is 21.5. The predicted octanol–water partition coefficient (Wildman–Crippen LogP) is 9.88. The van der Waals surface area contributed by atoms with Gasteiger partial charge in [-0.05, 0) is 132 Å². The third-order valence-corrected chi connectivity index (χ3v) is 12.1. The quantitative estimate of drug-likeness (QED) is 0.0717. The second-order valence-electron chi connectivity index (χ2n) is 15.6. The molecule has 0 unspecified atom stereocenters. The number of hydrogen-bond acceptors (Lipinski definition) is 6. The molecule has 0 fully saturated rings. The van der Waals surface area contributed by atoms with Gasteiger partial charge in [-0.3, -0.25) is 0 Å². The van der Waals surface area contributed by atoms with Gasteiger partial charge >= 0.3 is 7.12 Å². The number of aryl methyl sites for hydroxylation is 2. The lowest BCUT2D eigenvalue weighted by molar-refractivity contribution is 0.425. The Morgan fingerprint density at radius 2 is 1.02 bits per heavy atom. The van der Waals surface area contributed by atoms with Crippen molar-refractivity contribution in [2.75, 3.05) is 0 Å². The predicted molar refractivity (Wildman–Crippen MR) is 247 cm³/mol. The lowest BCUT2D eigenvalue weighted by atomic mass is 9.80. The summed E-state index contributed by atoms with van der Waals surface area (Å²) in [6, 6.07) is 48.3. The normalized spacial score (nSPS) is 15.6. The number of H-pyrrole nitrogens is 2. The molecule has 0 saturated heterocycles. The maximum absolute atomic E-state index is 9.55. The van der Waals surface area contributed by atoms with Crippen LogP contribution in [-0.4, -0.2) is 37.3 Å². The van der Waals surface area contributed by atoms with Gasteiger partial charge in [0.25, 0.3) is 0 Å². The molecule has 0 bridgehead atoms. The highest BCUT2D eigenvalue weighted by Crippen LogP contribution is 2.38. The van der Waals surface area contributed by atoms with Gasteiger partial charge in [-0.2, -0.15) is 0 Å². The molecule has 304 valence electrons. The molecule has 10 rings (SSSR count). The van der Waals surface area contributed by atoms with Crippen LogP contribution in [0.15, 0.2) is 150 Å². The average molecular weight is 862 g/mol. The number of aromatic hydroxyl groups is 2. The maximum atomic E-state index is 9.55. The molecule has 10 heteroatoms. The number of halogens is 1. The average Bonchev–Trinajstić information content (AvgIpc) is 3.85. The van der Waals surface area contributed by atoms with Crippen molar-refractivity contribution in [1.29, 1.82) is 0 Å². The van der Waals surface area contributed by atoms with Crippen molar-refractivity contribution in [3.05, 3.63) is 184 Å². The molecule has 2 aliphatic rings. The monoisotopic (exact) mass is 860 g/mol. The zero-order chi connectivity index (χ0) is 41.4. The van der Waals surface area contributed by atoms with Crippen LogP contribution in [0.3, 0.4) is 0 Å². The summed E-state index contributed by atoms with van der Waals surface area (Å²) < 4.78 is 1.15. The lowest BCUT2D eigenvalue weighted by Crippen LogP contribution is -2.29. The third kappa shape index (κ3) is 9.87. The van der Waals surface area contributed by atoms with E-state index in [4.69, 9.17) is 15.2 Å². The van der Waals surface area contributed by atoms with Crippen molar-refractivity contribution in [3.63, 3.8) is 0 Å². The zero-order valence-electron chi connectivity index (χ0n) is 33.4. The van der Waals surface area contributed by atoms with Crippen LogP contribution in [0.4, 0.5) is 0 Å². The first kappa shape index (κ1) is 41.1. The molecule has 2 heterocycles. The smallest absolute Gasteiger partial charge is 0.488 e. The lowest BCUT2D eigenvalue weighted by Gasteiger charge is -2.24. The summed E-state index contributed by atoms with van der Waals surface area (Å²) in [6.07, 6.45) is 7.12. The van der Waals surface area contributed by atoms with Crippen LogP contribution < -0.4 is 16.1 Å². The zero-order valence-corrected chi connectivity index (χ0v) is 35.0. The van der Waals surface area contributed by atoms with Crippen molar-refractivity contribution in [3.8, 4) is 22.6 Å². The van der Waals surface area contributed by atoms with Crippen LogP contribution >= 0.6 is 15.9 Å². The second kappa shape index (κ2) is 19.2. The number of phenolic OH excluding ortho intramolecular Hbond substituents is 2. The molecule has 2 aromatic heterocycles. The van der Waals surface area contributed by atoms with E-state index in [1.54, 1.807) is 12.1 Å². The van der Waals surface area contributed by atoms with E-state index in [-0.39, 0.29) is 5.75 Å². The Morgan fingerprint density at radius 3 is 1.53 bits per heavy atom. The number of phenols is 2. The summed E-state index contributed by atoms with van der Waals surface area (Å²) in [5.41, 5.74) is 13.5. The minimum Gasteiger partial charge on any atom is -0.508 e. The largest absolute Gasteiger partial charge is 0.508 e. The molecule has 2 atom stereocenters. The molecule has 0 saturated carbocycles. The molecule has 8 aromatic rings. The topological polar surface area (TPSA) is 137 Å². The number of aromatic nitrogens is 2. The maximum Gasteiger partial charge on any atom is 0.488 e. The highest BCUT2D eigenvalue weighted by Gasteiger charge is 2.25. The molecule has 0 radical (unpaired) electrons. The Balaban J connectivity index is 0.000000138. The van der Waals surface area contributed by atoms with Gasteiger partial charge in [0, 0.05) is 62.8 Å². The van der Waals surface area contributed by atoms with Gasteiger partial charge in [0.15, 0.2) is 0 Å². The molecule has 0 spiro atoms. The third-order valence-electron chi connectivity index (χ3n) is 11.6. The van der Waals surface area contributed by atoms with E-state index >= 15 is 0 Å². The molecular formula is C50H50BBrN4O4. The fraction of sp³-hybridized carbons (Fsp3) is 0.200.